The van der Waals surface area contributed by atoms with Crippen molar-refractivity contribution in [1.29, 1.82) is 0 Å². The van der Waals surface area contributed by atoms with Crippen molar-refractivity contribution in [1.82, 2.24) is 4.57 Å². The Morgan fingerprint density at radius 2 is 2.22 bits per heavy atom. The first kappa shape index (κ1) is 12.5. The number of hydrogen-bond acceptors (Lipinski definition) is 2. The van der Waals surface area contributed by atoms with Crippen LogP contribution in [0.3, 0.4) is 0 Å². The molecule has 0 saturated carbocycles. The van der Waals surface area contributed by atoms with E-state index in [0.29, 0.717) is 13.2 Å². The summed E-state index contributed by atoms with van der Waals surface area (Å²) >= 11 is 0. The number of aromatic nitrogens is 1. The minimum Gasteiger partial charge on any atom is -0.494 e. The molecule has 0 aliphatic heterocycles. The van der Waals surface area contributed by atoms with Crippen molar-refractivity contribution in [2.75, 3.05) is 6.61 Å². The van der Waals surface area contributed by atoms with E-state index in [9.17, 15) is 4.79 Å². The van der Waals surface area contributed by atoms with Crippen LogP contribution in [-0.4, -0.2) is 22.2 Å². The third-order valence-electron chi connectivity index (χ3n) is 2.95. The Balaban J connectivity index is 2.28. The average molecular weight is 247 g/mol. The predicted octanol–water partition coefficient (Wildman–Crippen LogP) is 2.76. The molecule has 96 valence electrons. The zero-order valence-electron chi connectivity index (χ0n) is 10.6. The van der Waals surface area contributed by atoms with Gasteiger partial charge >= 0.3 is 5.97 Å². The zero-order valence-corrected chi connectivity index (χ0v) is 10.6. The molecule has 0 saturated heterocycles. The molecule has 1 atom stereocenters. The number of rotatable bonds is 5. The van der Waals surface area contributed by atoms with Crippen LogP contribution in [0.4, 0.5) is 0 Å². The van der Waals surface area contributed by atoms with Crippen LogP contribution in [-0.2, 0) is 11.3 Å². The van der Waals surface area contributed by atoms with E-state index >= 15 is 0 Å². The van der Waals surface area contributed by atoms with E-state index in [1.165, 1.54) is 0 Å². The van der Waals surface area contributed by atoms with Crippen LogP contribution >= 0.6 is 0 Å². The fourth-order valence-electron chi connectivity index (χ4n) is 1.97. The summed E-state index contributed by atoms with van der Waals surface area (Å²) in [7, 11) is 0. The summed E-state index contributed by atoms with van der Waals surface area (Å²) in [5.41, 5.74) is 1.03. The minimum absolute atomic E-state index is 0.396. The van der Waals surface area contributed by atoms with Gasteiger partial charge in [0.05, 0.1) is 12.5 Å². The Bertz CT molecular complexity index is 559. The second kappa shape index (κ2) is 5.12. The summed E-state index contributed by atoms with van der Waals surface area (Å²) in [6, 6.07) is 7.83. The van der Waals surface area contributed by atoms with Crippen molar-refractivity contribution in [2.45, 2.75) is 20.4 Å². The van der Waals surface area contributed by atoms with Gasteiger partial charge in [0, 0.05) is 23.6 Å². The zero-order chi connectivity index (χ0) is 13.1. The van der Waals surface area contributed by atoms with Gasteiger partial charge in [0.15, 0.2) is 0 Å². The Morgan fingerprint density at radius 1 is 1.44 bits per heavy atom. The third-order valence-corrected chi connectivity index (χ3v) is 2.95. The van der Waals surface area contributed by atoms with E-state index in [4.69, 9.17) is 9.84 Å². The smallest absolute Gasteiger partial charge is 0.308 e. The molecule has 0 spiro atoms. The minimum atomic E-state index is -0.775. The normalized spacial score (nSPS) is 12.6. The number of nitrogens with zero attached hydrogens (tertiary/aromatic N) is 1. The maximum atomic E-state index is 10.9. The molecular weight excluding hydrogens is 230 g/mol. The fraction of sp³-hybridized carbons (Fsp3) is 0.357. The van der Waals surface area contributed by atoms with Crippen molar-refractivity contribution >= 4 is 16.9 Å². The van der Waals surface area contributed by atoms with Crippen LogP contribution in [0.15, 0.2) is 30.5 Å². The third kappa shape index (κ3) is 2.47. The monoisotopic (exact) mass is 247 g/mol. The van der Waals surface area contributed by atoms with Crippen LogP contribution in [0.25, 0.3) is 10.9 Å². The second-order valence-electron chi connectivity index (χ2n) is 4.36. The van der Waals surface area contributed by atoms with Gasteiger partial charge in [0.25, 0.3) is 0 Å². The fourth-order valence-corrected chi connectivity index (χ4v) is 1.97. The molecule has 0 bridgehead atoms. The van der Waals surface area contributed by atoms with Gasteiger partial charge in [-0.25, -0.2) is 0 Å². The van der Waals surface area contributed by atoms with Gasteiger partial charge in [0.2, 0.25) is 0 Å². The maximum absolute atomic E-state index is 10.9. The van der Waals surface area contributed by atoms with E-state index < -0.39 is 11.9 Å². The summed E-state index contributed by atoms with van der Waals surface area (Å²) in [6.45, 7) is 4.78. The van der Waals surface area contributed by atoms with Gasteiger partial charge in [-0.3, -0.25) is 4.79 Å². The van der Waals surface area contributed by atoms with E-state index in [-0.39, 0.29) is 0 Å². The number of carbonyl (C=O) groups is 1. The molecule has 0 fully saturated rings. The van der Waals surface area contributed by atoms with Crippen LogP contribution in [0.2, 0.25) is 0 Å². The van der Waals surface area contributed by atoms with Gasteiger partial charge in [-0.15, -0.1) is 0 Å². The van der Waals surface area contributed by atoms with Gasteiger partial charge in [-0.05, 0) is 31.2 Å². The van der Waals surface area contributed by atoms with Crippen LogP contribution < -0.4 is 4.74 Å². The molecule has 18 heavy (non-hydrogen) atoms. The first-order valence-corrected chi connectivity index (χ1v) is 6.06. The SMILES string of the molecule is CCOc1ccc2c(ccn2CC(C)C(=O)O)c1. The Kier molecular flexibility index (Phi) is 3.55. The number of aliphatic carboxylic acids is 1. The number of ether oxygens (including phenoxy) is 1. The molecule has 2 aromatic rings. The van der Waals surface area contributed by atoms with Gasteiger partial charge in [-0.2, -0.15) is 0 Å². The van der Waals surface area contributed by atoms with E-state index in [1.54, 1.807) is 6.92 Å². The molecule has 1 aromatic carbocycles. The number of carboxylic acid groups (broad SMARTS) is 1. The van der Waals surface area contributed by atoms with Gasteiger partial charge in [0.1, 0.15) is 5.75 Å². The summed E-state index contributed by atoms with van der Waals surface area (Å²) in [4.78, 5) is 10.9. The van der Waals surface area contributed by atoms with E-state index in [0.717, 1.165) is 16.7 Å². The van der Waals surface area contributed by atoms with Gasteiger partial charge in [-0.1, -0.05) is 6.92 Å². The molecule has 4 nitrogen and oxygen atoms in total. The number of benzene rings is 1. The molecule has 0 aliphatic carbocycles. The lowest BCUT2D eigenvalue weighted by atomic mass is 10.2. The Hall–Kier alpha value is -1.97. The van der Waals surface area contributed by atoms with Gasteiger partial charge < -0.3 is 14.4 Å². The molecule has 1 heterocycles. The summed E-state index contributed by atoms with van der Waals surface area (Å²) < 4.78 is 7.40. The highest BCUT2D eigenvalue weighted by Gasteiger charge is 2.12. The Morgan fingerprint density at radius 3 is 2.89 bits per heavy atom. The topological polar surface area (TPSA) is 51.5 Å². The lowest BCUT2D eigenvalue weighted by Crippen LogP contribution is -2.16. The molecule has 1 N–H and O–H groups in total. The summed E-state index contributed by atoms with van der Waals surface area (Å²) in [5.74, 6) is -0.330. The van der Waals surface area contributed by atoms with Crippen LogP contribution in [0, 0.1) is 5.92 Å². The standard InChI is InChI=1S/C14H17NO3/c1-3-18-12-4-5-13-11(8-12)6-7-15(13)9-10(2)14(16)17/h4-8,10H,3,9H2,1-2H3,(H,16,17). The highest BCUT2D eigenvalue weighted by atomic mass is 16.5. The first-order chi connectivity index (χ1) is 8.61. The molecule has 0 radical (unpaired) electrons. The Labute approximate surface area is 106 Å². The molecule has 2 rings (SSSR count). The van der Waals surface area contributed by atoms with Crippen molar-refractivity contribution in [3.8, 4) is 5.75 Å². The van der Waals surface area contributed by atoms with Crippen LogP contribution in [0.5, 0.6) is 5.75 Å². The maximum Gasteiger partial charge on any atom is 0.308 e. The predicted molar refractivity (Wildman–Crippen MR) is 69.9 cm³/mol. The summed E-state index contributed by atoms with van der Waals surface area (Å²) in [6.07, 6.45) is 1.92. The molecule has 1 aromatic heterocycles. The molecule has 0 amide bonds. The highest BCUT2D eigenvalue weighted by molar-refractivity contribution is 5.82. The quantitative estimate of drug-likeness (QED) is 0.883. The number of hydrogen-bond donors (Lipinski definition) is 1. The number of fused-ring (bicyclic) bond motifs is 1. The van der Waals surface area contributed by atoms with Crippen LogP contribution in [0.1, 0.15) is 13.8 Å². The molecule has 1 unspecified atom stereocenters. The highest BCUT2D eigenvalue weighted by Crippen LogP contribution is 2.22. The van der Waals surface area contributed by atoms with E-state index in [2.05, 4.69) is 0 Å². The first-order valence-electron chi connectivity index (χ1n) is 6.06. The molecule has 0 aliphatic rings. The lowest BCUT2D eigenvalue weighted by molar-refractivity contribution is -0.141. The number of carboxylic acids is 1. The largest absolute Gasteiger partial charge is 0.494 e. The van der Waals surface area contributed by atoms with Crippen molar-refractivity contribution < 1.29 is 14.6 Å². The average Bonchev–Trinajstić information content (AvgIpc) is 2.72. The van der Waals surface area contributed by atoms with Crippen molar-refractivity contribution in [3.05, 3.63) is 30.5 Å². The summed E-state index contributed by atoms with van der Waals surface area (Å²) in [5, 5.41) is 10.0. The van der Waals surface area contributed by atoms with Crippen molar-refractivity contribution in [2.24, 2.45) is 5.92 Å². The van der Waals surface area contributed by atoms with E-state index in [1.807, 2.05) is 42.0 Å². The molecular formula is C14H17NO3. The molecule has 4 heteroatoms. The van der Waals surface area contributed by atoms with Crippen molar-refractivity contribution in [3.63, 3.8) is 0 Å². The second-order valence-corrected chi connectivity index (χ2v) is 4.36. The lowest BCUT2D eigenvalue weighted by Gasteiger charge is -2.09.